The molecule has 3 aromatic rings. The van der Waals surface area contributed by atoms with E-state index in [4.69, 9.17) is 23.2 Å². The Morgan fingerprint density at radius 1 is 0.875 bits per heavy atom. The van der Waals surface area contributed by atoms with Gasteiger partial charge in [0, 0.05) is 21.3 Å². The summed E-state index contributed by atoms with van der Waals surface area (Å²) in [6, 6.07) is 17.6. The van der Waals surface area contributed by atoms with Gasteiger partial charge in [0.15, 0.2) is 0 Å². The SMILES string of the molecule is O=C(Nc1ccc(Nc2cccc(Cl)c2)cn1)c1ccc(Cl)cc1. The summed E-state index contributed by atoms with van der Waals surface area (Å²) >= 11 is 11.8. The van der Waals surface area contributed by atoms with E-state index in [2.05, 4.69) is 15.6 Å². The summed E-state index contributed by atoms with van der Waals surface area (Å²) in [6.07, 6.45) is 1.64. The van der Waals surface area contributed by atoms with E-state index < -0.39 is 0 Å². The van der Waals surface area contributed by atoms with E-state index >= 15 is 0 Å². The highest BCUT2D eigenvalue weighted by Gasteiger charge is 2.06. The van der Waals surface area contributed by atoms with Gasteiger partial charge in [-0.15, -0.1) is 0 Å². The molecule has 0 aliphatic heterocycles. The van der Waals surface area contributed by atoms with Crippen molar-refractivity contribution in [2.24, 2.45) is 0 Å². The van der Waals surface area contributed by atoms with Gasteiger partial charge in [0.2, 0.25) is 0 Å². The Kier molecular flexibility index (Phi) is 4.99. The molecule has 24 heavy (non-hydrogen) atoms. The number of amides is 1. The van der Waals surface area contributed by atoms with Crippen LogP contribution >= 0.6 is 23.2 Å². The van der Waals surface area contributed by atoms with Crippen LogP contribution in [-0.2, 0) is 0 Å². The fourth-order valence-electron chi connectivity index (χ4n) is 2.06. The Morgan fingerprint density at radius 3 is 2.33 bits per heavy atom. The van der Waals surface area contributed by atoms with E-state index in [1.807, 2.05) is 24.3 Å². The fourth-order valence-corrected chi connectivity index (χ4v) is 2.38. The molecule has 2 N–H and O–H groups in total. The van der Waals surface area contributed by atoms with Crippen LogP contribution in [-0.4, -0.2) is 10.9 Å². The largest absolute Gasteiger partial charge is 0.354 e. The Labute approximate surface area is 149 Å². The predicted molar refractivity (Wildman–Crippen MR) is 98.4 cm³/mol. The van der Waals surface area contributed by atoms with Gasteiger partial charge in [0.05, 0.1) is 11.9 Å². The van der Waals surface area contributed by atoms with Crippen molar-refractivity contribution in [3.05, 3.63) is 82.5 Å². The molecular weight excluding hydrogens is 345 g/mol. The molecule has 0 atom stereocenters. The van der Waals surface area contributed by atoms with E-state index in [9.17, 15) is 4.79 Å². The molecule has 0 aliphatic carbocycles. The number of benzene rings is 2. The number of nitrogens with zero attached hydrogens (tertiary/aromatic N) is 1. The molecule has 2 aromatic carbocycles. The molecule has 0 saturated heterocycles. The summed E-state index contributed by atoms with van der Waals surface area (Å²) in [6.45, 7) is 0. The van der Waals surface area contributed by atoms with E-state index in [0.29, 0.717) is 21.4 Å². The highest BCUT2D eigenvalue weighted by molar-refractivity contribution is 6.31. The van der Waals surface area contributed by atoms with Crippen molar-refractivity contribution in [3.63, 3.8) is 0 Å². The van der Waals surface area contributed by atoms with Crippen molar-refractivity contribution in [1.82, 2.24) is 4.98 Å². The average molecular weight is 358 g/mol. The molecule has 0 bridgehead atoms. The summed E-state index contributed by atoms with van der Waals surface area (Å²) in [5, 5.41) is 7.16. The molecule has 1 aromatic heterocycles. The maximum Gasteiger partial charge on any atom is 0.256 e. The number of hydrogen-bond acceptors (Lipinski definition) is 3. The third-order valence-corrected chi connectivity index (χ3v) is 3.71. The molecule has 0 saturated carbocycles. The van der Waals surface area contributed by atoms with Crippen molar-refractivity contribution in [3.8, 4) is 0 Å². The van der Waals surface area contributed by atoms with Gasteiger partial charge in [-0.2, -0.15) is 0 Å². The van der Waals surface area contributed by atoms with Crippen LogP contribution < -0.4 is 10.6 Å². The lowest BCUT2D eigenvalue weighted by atomic mass is 10.2. The number of hydrogen-bond donors (Lipinski definition) is 2. The van der Waals surface area contributed by atoms with E-state index in [0.717, 1.165) is 11.4 Å². The summed E-state index contributed by atoms with van der Waals surface area (Å²) in [4.78, 5) is 16.3. The van der Waals surface area contributed by atoms with Crippen molar-refractivity contribution in [1.29, 1.82) is 0 Å². The van der Waals surface area contributed by atoms with Gasteiger partial charge >= 0.3 is 0 Å². The van der Waals surface area contributed by atoms with E-state index in [1.54, 1.807) is 42.6 Å². The highest BCUT2D eigenvalue weighted by atomic mass is 35.5. The molecule has 120 valence electrons. The summed E-state index contributed by atoms with van der Waals surface area (Å²) in [5.41, 5.74) is 2.17. The second-order valence-corrected chi connectivity index (χ2v) is 5.90. The first kappa shape index (κ1) is 16.3. The monoisotopic (exact) mass is 357 g/mol. The molecule has 1 heterocycles. The van der Waals surface area contributed by atoms with Crippen LogP contribution in [0.4, 0.5) is 17.2 Å². The van der Waals surface area contributed by atoms with Gasteiger partial charge in [-0.25, -0.2) is 4.98 Å². The van der Waals surface area contributed by atoms with Gasteiger partial charge in [-0.3, -0.25) is 4.79 Å². The van der Waals surface area contributed by atoms with Crippen molar-refractivity contribution < 1.29 is 4.79 Å². The molecule has 0 aliphatic rings. The number of anilines is 3. The summed E-state index contributed by atoms with van der Waals surface area (Å²) in [7, 11) is 0. The lowest BCUT2D eigenvalue weighted by Crippen LogP contribution is -2.12. The number of nitrogens with one attached hydrogen (secondary N) is 2. The smallest absolute Gasteiger partial charge is 0.256 e. The normalized spacial score (nSPS) is 10.2. The van der Waals surface area contributed by atoms with Gasteiger partial charge in [-0.1, -0.05) is 29.3 Å². The van der Waals surface area contributed by atoms with Gasteiger partial charge in [-0.05, 0) is 54.6 Å². The Hall–Kier alpha value is -2.56. The molecule has 0 unspecified atom stereocenters. The standard InChI is InChI=1S/C18H13Cl2N3O/c19-13-6-4-12(5-7-13)18(24)23-17-9-8-16(11-21-17)22-15-3-1-2-14(20)10-15/h1-11,22H,(H,21,23,24). The average Bonchev–Trinajstić information content (AvgIpc) is 2.57. The van der Waals surface area contributed by atoms with Crippen LogP contribution in [0.15, 0.2) is 66.9 Å². The Morgan fingerprint density at radius 2 is 1.67 bits per heavy atom. The molecule has 4 nitrogen and oxygen atoms in total. The second kappa shape index (κ2) is 7.34. The Bertz CT molecular complexity index is 849. The predicted octanol–water partition coefficient (Wildman–Crippen LogP) is 5.38. The summed E-state index contributed by atoms with van der Waals surface area (Å²) in [5.74, 6) is 0.223. The first-order valence-electron chi connectivity index (χ1n) is 7.16. The number of rotatable bonds is 4. The van der Waals surface area contributed by atoms with Crippen LogP contribution in [0.1, 0.15) is 10.4 Å². The molecule has 6 heteroatoms. The van der Waals surface area contributed by atoms with Crippen LogP contribution in [0, 0.1) is 0 Å². The number of pyridine rings is 1. The highest BCUT2D eigenvalue weighted by Crippen LogP contribution is 2.20. The van der Waals surface area contributed by atoms with Gasteiger partial charge in [0.25, 0.3) is 5.91 Å². The molecule has 0 radical (unpaired) electrons. The molecule has 0 spiro atoms. The molecule has 3 rings (SSSR count). The fraction of sp³-hybridized carbons (Fsp3) is 0. The molecule has 1 amide bonds. The number of aromatic nitrogens is 1. The van der Waals surface area contributed by atoms with Crippen LogP contribution in [0.2, 0.25) is 10.0 Å². The van der Waals surface area contributed by atoms with Crippen LogP contribution in [0.5, 0.6) is 0 Å². The van der Waals surface area contributed by atoms with Crippen molar-refractivity contribution in [2.45, 2.75) is 0 Å². The lowest BCUT2D eigenvalue weighted by molar-refractivity contribution is 0.102. The van der Waals surface area contributed by atoms with Crippen molar-refractivity contribution >= 4 is 46.3 Å². The third kappa shape index (κ3) is 4.25. The molecular formula is C18H13Cl2N3O. The first-order valence-corrected chi connectivity index (χ1v) is 7.91. The zero-order valence-electron chi connectivity index (χ0n) is 12.5. The van der Waals surface area contributed by atoms with Gasteiger partial charge in [0.1, 0.15) is 5.82 Å². The number of halogens is 2. The minimum atomic E-state index is -0.241. The number of carbonyl (C=O) groups is 1. The molecule has 0 fully saturated rings. The minimum absolute atomic E-state index is 0.241. The first-order chi connectivity index (χ1) is 11.6. The summed E-state index contributed by atoms with van der Waals surface area (Å²) < 4.78 is 0. The van der Waals surface area contributed by atoms with E-state index in [1.165, 1.54) is 0 Å². The van der Waals surface area contributed by atoms with Crippen LogP contribution in [0.25, 0.3) is 0 Å². The van der Waals surface area contributed by atoms with E-state index in [-0.39, 0.29) is 5.91 Å². The minimum Gasteiger partial charge on any atom is -0.354 e. The second-order valence-electron chi connectivity index (χ2n) is 5.03. The van der Waals surface area contributed by atoms with Crippen LogP contribution in [0.3, 0.4) is 0 Å². The van der Waals surface area contributed by atoms with Crippen molar-refractivity contribution in [2.75, 3.05) is 10.6 Å². The maximum absolute atomic E-state index is 12.1. The maximum atomic E-state index is 12.1. The number of carbonyl (C=O) groups excluding carboxylic acids is 1. The third-order valence-electron chi connectivity index (χ3n) is 3.22. The Balaban J connectivity index is 1.66. The van der Waals surface area contributed by atoms with Gasteiger partial charge < -0.3 is 10.6 Å². The quantitative estimate of drug-likeness (QED) is 0.658. The lowest BCUT2D eigenvalue weighted by Gasteiger charge is -2.08. The zero-order valence-corrected chi connectivity index (χ0v) is 14.0. The topological polar surface area (TPSA) is 54.0 Å². The zero-order chi connectivity index (χ0) is 16.9.